The zero-order valence-electron chi connectivity index (χ0n) is 24.9. The van der Waals surface area contributed by atoms with Gasteiger partial charge >= 0.3 is 11.8 Å². The van der Waals surface area contributed by atoms with E-state index in [2.05, 4.69) is 71.0 Å². The SMILES string of the molecule is Cc1cc(-c2ncnc3nc(-c4ccc(N5CCNCC5)cc4)[nH]c23)ccc1C(C)NC(=O)c1nc(C(C)(C)C)no1.Cl. The molecule has 0 bridgehead atoms. The Bertz CT molecular complexity index is 1730. The largest absolute Gasteiger partial charge is 0.369 e. The van der Waals surface area contributed by atoms with Crippen molar-refractivity contribution in [2.75, 3.05) is 31.1 Å². The molecule has 1 amide bonds. The van der Waals surface area contributed by atoms with Gasteiger partial charge in [0.25, 0.3) is 0 Å². The number of hydrogen-bond acceptors (Lipinski definition) is 9. The van der Waals surface area contributed by atoms with Crippen LogP contribution in [0.25, 0.3) is 33.8 Å². The summed E-state index contributed by atoms with van der Waals surface area (Å²) in [6, 6.07) is 14.3. The van der Waals surface area contributed by atoms with Crippen LogP contribution in [0.3, 0.4) is 0 Å². The first-order chi connectivity index (χ1) is 20.2. The van der Waals surface area contributed by atoms with Crippen molar-refractivity contribution in [2.24, 2.45) is 0 Å². The summed E-state index contributed by atoms with van der Waals surface area (Å²) < 4.78 is 5.20. The molecule has 1 atom stereocenters. The first-order valence-electron chi connectivity index (χ1n) is 14.2. The summed E-state index contributed by atoms with van der Waals surface area (Å²) in [5, 5.41) is 10.3. The Morgan fingerprint density at radius 1 is 1.02 bits per heavy atom. The minimum absolute atomic E-state index is 0. The fourth-order valence-corrected chi connectivity index (χ4v) is 5.20. The normalized spacial score (nSPS) is 14.4. The predicted octanol–water partition coefficient (Wildman–Crippen LogP) is 5.00. The van der Waals surface area contributed by atoms with Crippen molar-refractivity contribution < 1.29 is 9.32 Å². The molecule has 224 valence electrons. The Labute approximate surface area is 256 Å². The van der Waals surface area contributed by atoms with Crippen molar-refractivity contribution in [3.05, 3.63) is 71.6 Å². The zero-order valence-corrected chi connectivity index (χ0v) is 25.7. The van der Waals surface area contributed by atoms with Crippen LogP contribution in [0.15, 0.2) is 53.3 Å². The Balaban J connectivity index is 0.00000368. The first-order valence-corrected chi connectivity index (χ1v) is 14.2. The number of carbonyl (C=O) groups excluding carboxylic acids is 1. The summed E-state index contributed by atoms with van der Waals surface area (Å²) in [7, 11) is 0. The van der Waals surface area contributed by atoms with Gasteiger partial charge in [0, 0.05) is 48.4 Å². The molecule has 2 aromatic carbocycles. The molecular formula is C31H36ClN9O2. The van der Waals surface area contributed by atoms with Gasteiger partial charge in [0.05, 0.1) is 11.7 Å². The van der Waals surface area contributed by atoms with E-state index >= 15 is 0 Å². The number of amides is 1. The van der Waals surface area contributed by atoms with E-state index in [4.69, 9.17) is 9.51 Å². The molecule has 12 heteroatoms. The zero-order chi connectivity index (χ0) is 29.4. The molecule has 11 nitrogen and oxygen atoms in total. The van der Waals surface area contributed by atoms with Gasteiger partial charge in [0.15, 0.2) is 11.5 Å². The Hall–Kier alpha value is -4.35. The quantitative estimate of drug-likeness (QED) is 0.245. The molecule has 1 aliphatic heterocycles. The minimum Gasteiger partial charge on any atom is -0.369 e. The Morgan fingerprint density at radius 3 is 2.42 bits per heavy atom. The standard InChI is InChI=1S/C31H35N9O2.ClH/c1-18-16-21(8-11-23(18)19(2)35-28(41)29-38-30(39-42-29)31(3,4)5)24-25-27(34-17-33-24)37-26(36-25)20-6-9-22(10-7-20)40-14-12-32-13-15-40;/h6-11,16-17,19,32H,12-15H2,1-5H3,(H,35,41)(H,33,34,36,37);1H. The predicted molar refractivity (Wildman–Crippen MR) is 169 cm³/mol. The molecule has 3 N–H and O–H groups in total. The van der Waals surface area contributed by atoms with Crippen LogP contribution < -0.4 is 15.5 Å². The van der Waals surface area contributed by atoms with Gasteiger partial charge in [-0.15, -0.1) is 12.4 Å². The van der Waals surface area contributed by atoms with Crippen LogP contribution in [-0.4, -0.2) is 62.2 Å². The number of fused-ring (bicyclic) bond motifs is 1. The first kappa shape index (κ1) is 30.1. The molecule has 0 saturated carbocycles. The Morgan fingerprint density at radius 2 is 1.74 bits per heavy atom. The summed E-state index contributed by atoms with van der Waals surface area (Å²) in [5.41, 5.74) is 6.96. The van der Waals surface area contributed by atoms with Crippen molar-refractivity contribution in [3.63, 3.8) is 0 Å². The molecule has 1 unspecified atom stereocenters. The van der Waals surface area contributed by atoms with Gasteiger partial charge in [-0.05, 0) is 55.3 Å². The van der Waals surface area contributed by atoms with Crippen LogP contribution in [0.4, 0.5) is 5.69 Å². The topological polar surface area (TPSA) is 138 Å². The maximum atomic E-state index is 12.8. The van der Waals surface area contributed by atoms with Gasteiger partial charge < -0.3 is 25.0 Å². The lowest BCUT2D eigenvalue weighted by molar-refractivity contribution is 0.0895. The highest BCUT2D eigenvalue weighted by Gasteiger charge is 2.25. The lowest BCUT2D eigenvalue weighted by atomic mass is 9.96. The maximum absolute atomic E-state index is 12.8. The number of aromatic nitrogens is 6. The molecule has 0 radical (unpaired) electrons. The second-order valence-electron chi connectivity index (χ2n) is 11.7. The molecule has 43 heavy (non-hydrogen) atoms. The summed E-state index contributed by atoms with van der Waals surface area (Å²) in [6.07, 6.45) is 1.54. The van der Waals surface area contributed by atoms with E-state index in [1.165, 1.54) is 12.0 Å². The van der Waals surface area contributed by atoms with Crippen molar-refractivity contribution in [1.82, 2.24) is 40.7 Å². The molecule has 0 aliphatic carbocycles. The van der Waals surface area contributed by atoms with Crippen molar-refractivity contribution in [3.8, 4) is 22.6 Å². The van der Waals surface area contributed by atoms with E-state index in [1.807, 2.05) is 46.8 Å². The van der Waals surface area contributed by atoms with E-state index in [-0.39, 0.29) is 29.8 Å². The van der Waals surface area contributed by atoms with Crippen LogP contribution in [0.2, 0.25) is 0 Å². The number of imidazole rings is 1. The summed E-state index contributed by atoms with van der Waals surface area (Å²) in [4.78, 5) is 36.7. The van der Waals surface area contributed by atoms with Crippen molar-refractivity contribution in [2.45, 2.75) is 46.1 Å². The number of anilines is 1. The fraction of sp³-hybridized carbons (Fsp3) is 0.355. The van der Waals surface area contributed by atoms with Gasteiger partial charge in [-0.25, -0.2) is 15.0 Å². The third kappa shape index (κ3) is 6.23. The third-order valence-electron chi connectivity index (χ3n) is 7.56. The van der Waals surface area contributed by atoms with Crippen molar-refractivity contribution >= 4 is 35.2 Å². The van der Waals surface area contributed by atoms with Crippen molar-refractivity contribution in [1.29, 1.82) is 0 Å². The van der Waals surface area contributed by atoms with Crippen LogP contribution in [0, 0.1) is 6.92 Å². The van der Waals surface area contributed by atoms with Gasteiger partial charge in [0.2, 0.25) is 0 Å². The van der Waals surface area contributed by atoms with Crippen LogP contribution >= 0.6 is 12.4 Å². The fourth-order valence-electron chi connectivity index (χ4n) is 5.20. The molecule has 1 aliphatic rings. The van der Waals surface area contributed by atoms with Crippen LogP contribution in [0.1, 0.15) is 61.4 Å². The van der Waals surface area contributed by atoms with Gasteiger partial charge in [-0.3, -0.25) is 4.79 Å². The number of nitrogens with zero attached hydrogens (tertiary/aromatic N) is 6. The average Bonchev–Trinajstić information content (AvgIpc) is 3.66. The van der Waals surface area contributed by atoms with Gasteiger partial charge in [-0.1, -0.05) is 38.1 Å². The number of hydrogen-bond donors (Lipinski definition) is 3. The number of halogens is 1. The highest BCUT2D eigenvalue weighted by molar-refractivity contribution is 5.90. The molecule has 6 rings (SSSR count). The third-order valence-corrected chi connectivity index (χ3v) is 7.56. The van der Waals surface area contributed by atoms with E-state index in [0.717, 1.165) is 65.5 Å². The van der Waals surface area contributed by atoms with E-state index in [1.54, 1.807) is 0 Å². The number of piperazine rings is 1. The molecular weight excluding hydrogens is 566 g/mol. The smallest absolute Gasteiger partial charge is 0.315 e. The summed E-state index contributed by atoms with van der Waals surface area (Å²) in [5.74, 6) is 0.792. The molecule has 3 aromatic heterocycles. The van der Waals surface area contributed by atoms with Gasteiger partial charge in [-0.2, -0.15) is 4.98 Å². The monoisotopic (exact) mass is 601 g/mol. The molecule has 1 fully saturated rings. The Kier molecular flexibility index (Phi) is 8.48. The molecule has 0 spiro atoms. The highest BCUT2D eigenvalue weighted by Crippen LogP contribution is 2.30. The lowest BCUT2D eigenvalue weighted by Gasteiger charge is -2.29. The lowest BCUT2D eigenvalue weighted by Crippen LogP contribution is -2.43. The van der Waals surface area contributed by atoms with Crippen LogP contribution in [-0.2, 0) is 5.41 Å². The number of rotatable bonds is 6. The number of carbonyl (C=O) groups is 1. The maximum Gasteiger partial charge on any atom is 0.315 e. The molecule has 4 heterocycles. The van der Waals surface area contributed by atoms with Gasteiger partial charge in [0.1, 0.15) is 17.7 Å². The molecule has 5 aromatic rings. The molecule has 1 saturated heterocycles. The number of nitrogens with one attached hydrogen (secondary N) is 3. The number of benzene rings is 2. The second kappa shape index (κ2) is 12.1. The summed E-state index contributed by atoms with van der Waals surface area (Å²) in [6.45, 7) is 13.9. The van der Waals surface area contributed by atoms with E-state index < -0.39 is 5.91 Å². The average molecular weight is 602 g/mol. The van der Waals surface area contributed by atoms with E-state index in [9.17, 15) is 4.79 Å². The van der Waals surface area contributed by atoms with Crippen LogP contribution in [0.5, 0.6) is 0 Å². The second-order valence-corrected chi connectivity index (χ2v) is 11.7. The number of aromatic amines is 1. The number of H-pyrrole nitrogens is 1. The number of aryl methyl sites for hydroxylation is 1. The van der Waals surface area contributed by atoms with E-state index in [0.29, 0.717) is 11.5 Å². The summed E-state index contributed by atoms with van der Waals surface area (Å²) >= 11 is 0. The minimum atomic E-state index is -0.405. The highest BCUT2D eigenvalue weighted by atomic mass is 35.5.